The molecule has 29 heavy (non-hydrogen) atoms. The van der Waals surface area contributed by atoms with Crippen LogP contribution in [-0.4, -0.2) is 28.4 Å². The Morgan fingerprint density at radius 2 is 1.90 bits per heavy atom. The van der Waals surface area contributed by atoms with E-state index in [1.165, 1.54) is 0 Å². The molecule has 5 heteroatoms. The van der Waals surface area contributed by atoms with Gasteiger partial charge in [-0.1, -0.05) is 41.5 Å². The van der Waals surface area contributed by atoms with Gasteiger partial charge in [-0.3, -0.25) is 9.59 Å². The average molecular weight is 403 g/mol. The summed E-state index contributed by atoms with van der Waals surface area (Å²) in [5.74, 6) is 0.655. The molecule has 0 aromatic heterocycles. The van der Waals surface area contributed by atoms with E-state index in [1.54, 1.807) is 0 Å². The van der Waals surface area contributed by atoms with Crippen molar-refractivity contribution in [3.8, 4) is 17.2 Å². The molecule has 1 heterocycles. The van der Waals surface area contributed by atoms with Gasteiger partial charge in [0, 0.05) is 17.4 Å². The van der Waals surface area contributed by atoms with E-state index in [1.807, 2.05) is 13.8 Å². The number of benzene rings is 1. The molecule has 1 aromatic carbocycles. The molecular formula is C24H34O5. The number of carbonyl (C=O) groups is 2. The second kappa shape index (κ2) is 7.66. The van der Waals surface area contributed by atoms with E-state index in [9.17, 15) is 19.8 Å². The first-order valence-electron chi connectivity index (χ1n) is 10.8. The molecule has 0 saturated heterocycles. The second-order valence-corrected chi connectivity index (χ2v) is 10.3. The molecule has 1 aromatic rings. The van der Waals surface area contributed by atoms with Crippen molar-refractivity contribution in [1.82, 2.24) is 0 Å². The third-order valence-corrected chi connectivity index (χ3v) is 6.77. The van der Waals surface area contributed by atoms with Gasteiger partial charge in [0.1, 0.15) is 28.9 Å². The lowest BCUT2D eigenvalue weighted by molar-refractivity contribution is -0.0705. The van der Waals surface area contributed by atoms with Crippen molar-refractivity contribution >= 4 is 12.1 Å². The van der Waals surface area contributed by atoms with Gasteiger partial charge in [-0.2, -0.15) is 0 Å². The number of aldehydes is 1. The van der Waals surface area contributed by atoms with E-state index in [4.69, 9.17) is 4.74 Å². The van der Waals surface area contributed by atoms with Crippen molar-refractivity contribution in [2.45, 2.75) is 73.3 Å². The van der Waals surface area contributed by atoms with Gasteiger partial charge in [0.25, 0.3) is 0 Å². The van der Waals surface area contributed by atoms with E-state index in [0.29, 0.717) is 36.0 Å². The number of hydrogen-bond donors (Lipinski definition) is 2. The minimum absolute atomic E-state index is 0.0526. The Bertz CT molecular complexity index is 825. The van der Waals surface area contributed by atoms with Crippen LogP contribution in [0.25, 0.3) is 0 Å². The summed E-state index contributed by atoms with van der Waals surface area (Å²) in [6.45, 7) is 12.7. The molecule has 1 aliphatic carbocycles. The number of hydrogen-bond acceptors (Lipinski definition) is 5. The van der Waals surface area contributed by atoms with Crippen LogP contribution in [-0.2, 0) is 6.42 Å². The van der Waals surface area contributed by atoms with Crippen LogP contribution in [0.5, 0.6) is 17.2 Å². The lowest BCUT2D eigenvalue weighted by atomic mass is 9.59. The Morgan fingerprint density at radius 3 is 2.45 bits per heavy atom. The highest BCUT2D eigenvalue weighted by Crippen LogP contribution is 2.56. The molecule has 0 radical (unpaired) electrons. The fraction of sp³-hybridized carbons (Fsp3) is 0.667. The number of phenols is 2. The first-order chi connectivity index (χ1) is 13.5. The Labute approximate surface area is 173 Å². The van der Waals surface area contributed by atoms with Gasteiger partial charge < -0.3 is 14.9 Å². The number of carbonyl (C=O) groups excluding carboxylic acids is 2. The van der Waals surface area contributed by atoms with Gasteiger partial charge in [-0.25, -0.2) is 0 Å². The molecule has 160 valence electrons. The molecule has 1 saturated carbocycles. The molecule has 1 unspecified atom stereocenters. The lowest BCUT2D eigenvalue weighted by Gasteiger charge is -2.52. The highest BCUT2D eigenvalue weighted by atomic mass is 16.5. The third kappa shape index (κ3) is 3.64. The highest BCUT2D eigenvalue weighted by molar-refractivity contribution is 6.05. The normalized spacial score (nSPS) is 28.6. The van der Waals surface area contributed by atoms with E-state index in [0.717, 1.165) is 12.8 Å². The van der Waals surface area contributed by atoms with Gasteiger partial charge >= 0.3 is 0 Å². The summed E-state index contributed by atoms with van der Waals surface area (Å²) in [5, 5.41) is 21.5. The van der Waals surface area contributed by atoms with Gasteiger partial charge in [-0.05, 0) is 42.9 Å². The summed E-state index contributed by atoms with van der Waals surface area (Å²) < 4.78 is 6.50. The molecule has 0 amide bonds. The Kier molecular flexibility index (Phi) is 5.72. The number of phenolic OH excluding ortho intramolecular Hbond substituents is 2. The molecule has 1 fully saturated rings. The van der Waals surface area contributed by atoms with Gasteiger partial charge in [0.05, 0.1) is 5.56 Å². The SMILES string of the molecule is CC(C)CC(=O)c1c(O)c(C=O)c(O)c2c1O[C@@H]1[C@@H](C(C)C)CC(C)C[C@]1(C)C2. The average Bonchev–Trinajstić information content (AvgIpc) is 2.59. The lowest BCUT2D eigenvalue weighted by Crippen LogP contribution is -2.53. The predicted octanol–water partition coefficient (Wildman–Crippen LogP) is 5.15. The largest absolute Gasteiger partial charge is 0.507 e. The number of ketones is 1. The first-order valence-corrected chi connectivity index (χ1v) is 10.8. The first kappa shape index (κ1) is 21.7. The standard InChI is InChI=1S/C24H34O5/c1-12(2)7-18(26)19-21(28)17(11-25)20(27)16-10-24(6)9-14(5)8-15(13(3)4)23(24)29-22(16)19/h11-15,23,27-28H,7-10H2,1-6H3/t14?,15-,23-,24-/m1/s1. The summed E-state index contributed by atoms with van der Waals surface area (Å²) >= 11 is 0. The van der Waals surface area contributed by atoms with Crippen molar-refractivity contribution in [2.75, 3.05) is 0 Å². The third-order valence-electron chi connectivity index (χ3n) is 6.77. The van der Waals surface area contributed by atoms with Gasteiger partial charge in [0.2, 0.25) is 0 Å². The number of aromatic hydroxyl groups is 2. The fourth-order valence-corrected chi connectivity index (χ4v) is 5.57. The highest BCUT2D eigenvalue weighted by Gasteiger charge is 2.51. The molecule has 5 nitrogen and oxygen atoms in total. The molecule has 3 rings (SSSR count). The Morgan fingerprint density at radius 1 is 1.24 bits per heavy atom. The summed E-state index contributed by atoms with van der Waals surface area (Å²) in [6, 6.07) is 0. The molecule has 2 aliphatic rings. The number of ether oxygens (including phenoxy) is 1. The van der Waals surface area contributed by atoms with Gasteiger partial charge in [0.15, 0.2) is 12.1 Å². The molecule has 1 aliphatic heterocycles. The minimum Gasteiger partial charge on any atom is -0.507 e. The monoisotopic (exact) mass is 402 g/mol. The summed E-state index contributed by atoms with van der Waals surface area (Å²) in [4.78, 5) is 24.6. The van der Waals surface area contributed by atoms with Crippen molar-refractivity contribution in [2.24, 2.45) is 29.1 Å². The Balaban J connectivity index is 2.21. The van der Waals surface area contributed by atoms with Gasteiger partial charge in [-0.15, -0.1) is 0 Å². The maximum Gasteiger partial charge on any atom is 0.170 e. The minimum atomic E-state index is -0.462. The predicted molar refractivity (Wildman–Crippen MR) is 112 cm³/mol. The zero-order chi connectivity index (χ0) is 21.7. The van der Waals surface area contributed by atoms with Crippen molar-refractivity contribution in [3.63, 3.8) is 0 Å². The maximum atomic E-state index is 13.0. The van der Waals surface area contributed by atoms with Crippen LogP contribution in [0.15, 0.2) is 0 Å². The second-order valence-electron chi connectivity index (χ2n) is 10.3. The number of rotatable bonds is 5. The van der Waals surface area contributed by atoms with Crippen molar-refractivity contribution in [3.05, 3.63) is 16.7 Å². The van der Waals surface area contributed by atoms with E-state index >= 15 is 0 Å². The van der Waals surface area contributed by atoms with Crippen LogP contribution < -0.4 is 4.74 Å². The molecule has 2 N–H and O–H groups in total. The topological polar surface area (TPSA) is 83.8 Å². The van der Waals surface area contributed by atoms with Crippen LogP contribution in [0.2, 0.25) is 0 Å². The Hall–Kier alpha value is -2.04. The number of Topliss-reactive ketones (excluding diaryl/α,β-unsaturated/α-hetero) is 1. The van der Waals surface area contributed by atoms with E-state index in [-0.39, 0.29) is 52.3 Å². The fourth-order valence-electron chi connectivity index (χ4n) is 5.57. The van der Waals surface area contributed by atoms with Crippen LogP contribution in [0.3, 0.4) is 0 Å². The summed E-state index contributed by atoms with van der Waals surface area (Å²) in [5.41, 5.74) is 0.113. The summed E-state index contributed by atoms with van der Waals surface area (Å²) in [7, 11) is 0. The van der Waals surface area contributed by atoms with Crippen LogP contribution in [0.1, 0.15) is 87.1 Å². The van der Waals surface area contributed by atoms with E-state index < -0.39 is 5.75 Å². The molecule has 0 bridgehead atoms. The zero-order valence-electron chi connectivity index (χ0n) is 18.4. The zero-order valence-corrected chi connectivity index (χ0v) is 18.4. The molecule has 0 spiro atoms. The van der Waals surface area contributed by atoms with Crippen molar-refractivity contribution < 1.29 is 24.5 Å². The van der Waals surface area contributed by atoms with Crippen molar-refractivity contribution in [1.29, 1.82) is 0 Å². The quantitative estimate of drug-likeness (QED) is 0.525. The number of fused-ring (bicyclic) bond motifs is 2. The molecular weight excluding hydrogens is 368 g/mol. The van der Waals surface area contributed by atoms with Crippen LogP contribution in [0, 0.1) is 29.1 Å². The maximum absolute atomic E-state index is 13.0. The van der Waals surface area contributed by atoms with Crippen LogP contribution in [0.4, 0.5) is 0 Å². The van der Waals surface area contributed by atoms with Crippen LogP contribution >= 0.6 is 0 Å². The van der Waals surface area contributed by atoms with E-state index in [2.05, 4.69) is 27.7 Å². The molecule has 4 atom stereocenters. The smallest absolute Gasteiger partial charge is 0.170 e. The summed E-state index contributed by atoms with van der Waals surface area (Å²) in [6.07, 6.45) is 3.08.